The second-order valence-corrected chi connectivity index (χ2v) is 4.42. The van der Waals surface area contributed by atoms with Gasteiger partial charge in [0, 0.05) is 18.2 Å². The topological polar surface area (TPSA) is 73.6 Å². The third kappa shape index (κ3) is 3.52. The van der Waals surface area contributed by atoms with Crippen LogP contribution in [0.3, 0.4) is 0 Å². The first-order chi connectivity index (χ1) is 10.2. The monoisotopic (exact) mass is 286 g/mol. The summed E-state index contributed by atoms with van der Waals surface area (Å²) in [6.45, 7) is 0.396. The van der Waals surface area contributed by atoms with Crippen molar-refractivity contribution in [3.8, 4) is 11.5 Å². The number of ether oxygens (including phenoxy) is 2. The molecule has 0 aromatic heterocycles. The molecule has 0 radical (unpaired) electrons. The SMILES string of the molecule is COc1ccc(NC(=O)c2cccc(CN)c2)c(OC)c1. The van der Waals surface area contributed by atoms with E-state index in [2.05, 4.69) is 5.32 Å². The smallest absolute Gasteiger partial charge is 0.255 e. The molecule has 0 aliphatic carbocycles. The summed E-state index contributed by atoms with van der Waals surface area (Å²) in [4.78, 5) is 12.3. The third-order valence-electron chi connectivity index (χ3n) is 3.08. The van der Waals surface area contributed by atoms with Crippen molar-refractivity contribution in [1.29, 1.82) is 0 Å². The molecule has 0 saturated carbocycles. The fourth-order valence-electron chi connectivity index (χ4n) is 1.94. The Morgan fingerprint density at radius 1 is 1.14 bits per heavy atom. The van der Waals surface area contributed by atoms with Crippen molar-refractivity contribution in [3.63, 3.8) is 0 Å². The van der Waals surface area contributed by atoms with E-state index in [1.54, 1.807) is 44.6 Å². The number of benzene rings is 2. The molecular weight excluding hydrogens is 268 g/mol. The first-order valence-corrected chi connectivity index (χ1v) is 6.50. The highest BCUT2D eigenvalue weighted by molar-refractivity contribution is 6.05. The minimum Gasteiger partial charge on any atom is -0.497 e. The highest BCUT2D eigenvalue weighted by atomic mass is 16.5. The van der Waals surface area contributed by atoms with E-state index in [1.165, 1.54) is 0 Å². The second-order valence-electron chi connectivity index (χ2n) is 4.42. The summed E-state index contributed by atoms with van der Waals surface area (Å²) in [6, 6.07) is 12.4. The lowest BCUT2D eigenvalue weighted by Crippen LogP contribution is -2.13. The Balaban J connectivity index is 2.22. The number of anilines is 1. The Kier molecular flexibility index (Phi) is 4.79. The molecule has 0 atom stereocenters. The van der Waals surface area contributed by atoms with Crippen LogP contribution in [0, 0.1) is 0 Å². The maximum atomic E-state index is 12.3. The van der Waals surface area contributed by atoms with Crippen molar-refractivity contribution in [2.75, 3.05) is 19.5 Å². The zero-order valence-electron chi connectivity index (χ0n) is 12.1. The van der Waals surface area contributed by atoms with Crippen molar-refractivity contribution in [3.05, 3.63) is 53.6 Å². The number of carbonyl (C=O) groups excluding carboxylic acids is 1. The van der Waals surface area contributed by atoms with Gasteiger partial charge in [-0.15, -0.1) is 0 Å². The van der Waals surface area contributed by atoms with Crippen molar-refractivity contribution in [1.82, 2.24) is 0 Å². The third-order valence-corrected chi connectivity index (χ3v) is 3.08. The van der Waals surface area contributed by atoms with Crippen molar-refractivity contribution < 1.29 is 14.3 Å². The van der Waals surface area contributed by atoms with Gasteiger partial charge in [-0.25, -0.2) is 0 Å². The van der Waals surface area contributed by atoms with Crippen LogP contribution in [-0.2, 0) is 6.54 Å². The Labute approximate surface area is 123 Å². The summed E-state index contributed by atoms with van der Waals surface area (Å²) in [5.41, 5.74) is 7.63. The predicted molar refractivity (Wildman–Crippen MR) is 81.8 cm³/mol. The first-order valence-electron chi connectivity index (χ1n) is 6.50. The Morgan fingerprint density at radius 2 is 1.95 bits per heavy atom. The lowest BCUT2D eigenvalue weighted by atomic mass is 10.1. The summed E-state index contributed by atoms with van der Waals surface area (Å²) in [5, 5.41) is 2.82. The summed E-state index contributed by atoms with van der Waals surface area (Å²) in [6.07, 6.45) is 0. The van der Waals surface area contributed by atoms with Crippen LogP contribution in [0.5, 0.6) is 11.5 Å². The molecular formula is C16H18N2O3. The Hall–Kier alpha value is -2.53. The quantitative estimate of drug-likeness (QED) is 0.885. The molecule has 2 aromatic carbocycles. The van der Waals surface area contributed by atoms with Crippen LogP contribution in [0.15, 0.2) is 42.5 Å². The van der Waals surface area contributed by atoms with Gasteiger partial charge in [0.2, 0.25) is 0 Å². The van der Waals surface area contributed by atoms with Crippen LogP contribution in [0.4, 0.5) is 5.69 Å². The number of hydrogen-bond donors (Lipinski definition) is 2. The molecule has 0 heterocycles. The van der Waals surface area contributed by atoms with E-state index in [4.69, 9.17) is 15.2 Å². The predicted octanol–water partition coefficient (Wildman–Crippen LogP) is 2.41. The molecule has 110 valence electrons. The summed E-state index contributed by atoms with van der Waals surface area (Å²) >= 11 is 0. The number of methoxy groups -OCH3 is 2. The van der Waals surface area contributed by atoms with Crippen molar-refractivity contribution in [2.45, 2.75) is 6.54 Å². The maximum Gasteiger partial charge on any atom is 0.255 e. The van der Waals surface area contributed by atoms with Gasteiger partial charge in [0.1, 0.15) is 11.5 Å². The van der Waals surface area contributed by atoms with E-state index >= 15 is 0 Å². The molecule has 21 heavy (non-hydrogen) atoms. The van der Waals surface area contributed by atoms with Crippen molar-refractivity contribution >= 4 is 11.6 Å². The molecule has 3 N–H and O–H groups in total. The minimum absolute atomic E-state index is 0.214. The van der Waals surface area contributed by atoms with Crippen LogP contribution in [0.2, 0.25) is 0 Å². The van der Waals surface area contributed by atoms with Crippen LogP contribution in [-0.4, -0.2) is 20.1 Å². The molecule has 1 amide bonds. The summed E-state index contributed by atoms with van der Waals surface area (Å²) in [5.74, 6) is 0.987. The van der Waals surface area contributed by atoms with Gasteiger partial charge in [-0.05, 0) is 29.8 Å². The molecule has 0 bridgehead atoms. The molecule has 2 aromatic rings. The standard InChI is InChI=1S/C16H18N2O3/c1-20-13-6-7-14(15(9-13)21-2)18-16(19)12-5-3-4-11(8-12)10-17/h3-9H,10,17H2,1-2H3,(H,18,19). The first kappa shape index (κ1) is 14.9. The van der Waals surface area contributed by atoms with Gasteiger partial charge in [-0.3, -0.25) is 4.79 Å². The number of nitrogens with one attached hydrogen (secondary N) is 1. The number of rotatable bonds is 5. The average molecular weight is 286 g/mol. The summed E-state index contributed by atoms with van der Waals surface area (Å²) in [7, 11) is 3.12. The Morgan fingerprint density at radius 3 is 2.62 bits per heavy atom. The number of amides is 1. The van der Waals surface area contributed by atoms with Gasteiger partial charge in [0.05, 0.1) is 19.9 Å². The van der Waals surface area contributed by atoms with E-state index in [-0.39, 0.29) is 5.91 Å². The van der Waals surface area contributed by atoms with Crippen LogP contribution in [0.1, 0.15) is 15.9 Å². The number of hydrogen-bond acceptors (Lipinski definition) is 4. The zero-order valence-corrected chi connectivity index (χ0v) is 12.1. The normalized spacial score (nSPS) is 10.0. The molecule has 5 nitrogen and oxygen atoms in total. The Bertz CT molecular complexity index is 641. The minimum atomic E-state index is -0.214. The molecule has 0 aliphatic rings. The highest BCUT2D eigenvalue weighted by Crippen LogP contribution is 2.29. The van der Waals surface area contributed by atoms with Crippen LogP contribution in [0.25, 0.3) is 0 Å². The van der Waals surface area contributed by atoms with Gasteiger partial charge >= 0.3 is 0 Å². The van der Waals surface area contributed by atoms with E-state index in [9.17, 15) is 4.79 Å². The van der Waals surface area contributed by atoms with E-state index in [0.29, 0.717) is 29.3 Å². The van der Waals surface area contributed by atoms with Crippen LogP contribution < -0.4 is 20.5 Å². The second kappa shape index (κ2) is 6.76. The van der Waals surface area contributed by atoms with Gasteiger partial charge in [0.15, 0.2) is 0 Å². The van der Waals surface area contributed by atoms with Crippen molar-refractivity contribution in [2.24, 2.45) is 5.73 Å². The molecule has 0 saturated heterocycles. The molecule has 5 heteroatoms. The van der Waals surface area contributed by atoms with Gasteiger partial charge in [-0.1, -0.05) is 12.1 Å². The van der Waals surface area contributed by atoms with E-state index in [0.717, 1.165) is 5.56 Å². The molecule has 0 unspecified atom stereocenters. The number of nitrogens with two attached hydrogens (primary N) is 1. The summed E-state index contributed by atoms with van der Waals surface area (Å²) < 4.78 is 10.4. The maximum absolute atomic E-state index is 12.3. The average Bonchev–Trinajstić information content (AvgIpc) is 2.55. The zero-order chi connectivity index (χ0) is 15.2. The lowest BCUT2D eigenvalue weighted by Gasteiger charge is -2.12. The fourth-order valence-corrected chi connectivity index (χ4v) is 1.94. The van der Waals surface area contributed by atoms with Gasteiger partial charge in [0.25, 0.3) is 5.91 Å². The van der Waals surface area contributed by atoms with Crippen LogP contribution >= 0.6 is 0 Å². The highest BCUT2D eigenvalue weighted by Gasteiger charge is 2.11. The molecule has 2 rings (SSSR count). The van der Waals surface area contributed by atoms with E-state index < -0.39 is 0 Å². The fraction of sp³-hybridized carbons (Fsp3) is 0.188. The van der Waals surface area contributed by atoms with Gasteiger partial charge in [-0.2, -0.15) is 0 Å². The molecule has 0 aliphatic heterocycles. The van der Waals surface area contributed by atoms with Gasteiger partial charge < -0.3 is 20.5 Å². The number of carbonyl (C=O) groups is 1. The molecule has 0 fully saturated rings. The lowest BCUT2D eigenvalue weighted by molar-refractivity contribution is 0.102. The largest absolute Gasteiger partial charge is 0.497 e. The molecule has 0 spiro atoms. The van der Waals surface area contributed by atoms with E-state index in [1.807, 2.05) is 12.1 Å².